The number of ether oxygens (including phenoxy) is 2. The van der Waals surface area contributed by atoms with E-state index in [4.69, 9.17) is 21.0 Å². The van der Waals surface area contributed by atoms with E-state index in [0.717, 1.165) is 16.3 Å². The number of amides is 3. The van der Waals surface area contributed by atoms with Crippen molar-refractivity contribution in [3.63, 3.8) is 0 Å². The number of primary amides is 1. The fourth-order valence-electron chi connectivity index (χ4n) is 4.00. The highest BCUT2D eigenvalue weighted by molar-refractivity contribution is 6.07. The van der Waals surface area contributed by atoms with Crippen LogP contribution >= 0.6 is 0 Å². The molecule has 1 unspecified atom stereocenters. The van der Waals surface area contributed by atoms with Crippen LogP contribution in [0.4, 0.5) is 9.59 Å². The largest absolute Gasteiger partial charge is 0.460 e. The number of alkyl carbamates (subject to hydrolysis) is 2. The van der Waals surface area contributed by atoms with E-state index in [1.807, 2.05) is 24.3 Å². The van der Waals surface area contributed by atoms with Gasteiger partial charge in [-0.15, -0.1) is 0 Å². The van der Waals surface area contributed by atoms with Gasteiger partial charge < -0.3 is 19.6 Å². The predicted molar refractivity (Wildman–Crippen MR) is 141 cm³/mol. The number of carbonyl (C=O) groups is 3. The average Bonchev–Trinajstić information content (AvgIpc) is 3.33. The van der Waals surface area contributed by atoms with E-state index in [1.165, 1.54) is 14.2 Å². The third-order valence-electron chi connectivity index (χ3n) is 5.97. The van der Waals surface area contributed by atoms with Crippen molar-refractivity contribution in [3.8, 4) is 0 Å². The first-order valence-corrected chi connectivity index (χ1v) is 11.4. The number of fused-ring (bicyclic) bond motifs is 2. The van der Waals surface area contributed by atoms with Crippen molar-refractivity contribution in [2.75, 3.05) is 14.2 Å². The van der Waals surface area contributed by atoms with E-state index in [0.29, 0.717) is 27.9 Å². The van der Waals surface area contributed by atoms with Crippen LogP contribution in [0.15, 0.2) is 65.1 Å². The number of amidine groups is 2. The van der Waals surface area contributed by atoms with E-state index >= 15 is 0 Å². The number of hydrogen-bond acceptors (Lipinski definition) is 8. The second kappa shape index (κ2) is 10.8. The van der Waals surface area contributed by atoms with Gasteiger partial charge in [0.2, 0.25) is 5.91 Å². The van der Waals surface area contributed by atoms with Gasteiger partial charge in [-0.3, -0.25) is 26.2 Å². The fraction of sp³-hybridized carbons (Fsp3) is 0.148. The molecule has 1 atom stereocenters. The molecular formula is C27H25N5O6. The molecule has 0 aliphatic carbocycles. The van der Waals surface area contributed by atoms with Crippen molar-refractivity contribution in [2.24, 2.45) is 5.73 Å². The number of carbonyl (C=O) groups excluding carboxylic acids is 3. The molecule has 194 valence electrons. The van der Waals surface area contributed by atoms with Crippen LogP contribution in [0.5, 0.6) is 0 Å². The van der Waals surface area contributed by atoms with Crippen molar-refractivity contribution in [1.29, 1.82) is 10.8 Å². The molecule has 1 aromatic heterocycles. The smallest absolute Gasteiger partial charge is 0.412 e. The van der Waals surface area contributed by atoms with Crippen molar-refractivity contribution >= 4 is 51.5 Å². The summed E-state index contributed by atoms with van der Waals surface area (Å²) in [5.74, 6) is -1.20. The monoisotopic (exact) mass is 515 g/mol. The molecule has 0 aliphatic rings. The highest BCUT2D eigenvalue weighted by atomic mass is 16.5. The fourth-order valence-corrected chi connectivity index (χ4v) is 4.00. The van der Waals surface area contributed by atoms with Gasteiger partial charge >= 0.3 is 12.2 Å². The molecule has 0 fully saturated rings. The molecular weight excluding hydrogens is 490 g/mol. The first-order chi connectivity index (χ1) is 18.2. The van der Waals surface area contributed by atoms with Crippen molar-refractivity contribution < 1.29 is 28.3 Å². The van der Waals surface area contributed by atoms with E-state index in [-0.39, 0.29) is 18.1 Å². The Bertz CT molecular complexity index is 1590. The summed E-state index contributed by atoms with van der Waals surface area (Å²) in [5, 5.41) is 23.1. The molecule has 4 rings (SSSR count). The van der Waals surface area contributed by atoms with Gasteiger partial charge in [-0.25, -0.2) is 9.59 Å². The molecule has 11 nitrogen and oxygen atoms in total. The summed E-state index contributed by atoms with van der Waals surface area (Å²) < 4.78 is 15.0. The molecule has 38 heavy (non-hydrogen) atoms. The summed E-state index contributed by atoms with van der Waals surface area (Å²) >= 11 is 0. The van der Waals surface area contributed by atoms with Crippen LogP contribution in [0.1, 0.15) is 28.4 Å². The van der Waals surface area contributed by atoms with Gasteiger partial charge in [0.05, 0.1) is 20.1 Å². The first-order valence-electron chi connectivity index (χ1n) is 11.4. The predicted octanol–water partition coefficient (Wildman–Crippen LogP) is 3.76. The molecule has 11 heteroatoms. The van der Waals surface area contributed by atoms with Gasteiger partial charge in [0.15, 0.2) is 0 Å². The molecule has 3 amide bonds. The molecule has 0 radical (unpaired) electrons. The van der Waals surface area contributed by atoms with Gasteiger partial charge in [-0.2, -0.15) is 0 Å². The summed E-state index contributed by atoms with van der Waals surface area (Å²) in [6.07, 6.45) is -1.22. The van der Waals surface area contributed by atoms with Crippen LogP contribution < -0.4 is 16.4 Å². The second-order valence-electron chi connectivity index (χ2n) is 8.44. The average molecular weight is 516 g/mol. The molecule has 0 aliphatic heterocycles. The number of furan rings is 1. The quantitative estimate of drug-likeness (QED) is 0.192. The Hall–Kier alpha value is -5.19. The molecule has 0 saturated heterocycles. The third kappa shape index (κ3) is 5.62. The number of methoxy groups -OCH3 is 2. The minimum absolute atomic E-state index is 0.101. The van der Waals surface area contributed by atoms with E-state index < -0.39 is 24.0 Å². The van der Waals surface area contributed by atoms with Crippen molar-refractivity contribution in [1.82, 2.24) is 10.6 Å². The lowest BCUT2D eigenvalue weighted by Gasteiger charge is -2.12. The SMILES string of the molecule is COC(=O)NC(=N)c1ccc2ccc(CC(C(N)=O)c3cc4cc(C(=N)NC(=O)OC)ccc4o3)cc2c1. The number of nitrogens with two attached hydrogens (primary N) is 1. The standard InChI is InChI=1S/C27H25N5O6/c1-36-26(34)31-23(28)16-6-5-15-4-3-14(9-18(15)11-16)10-20(25(30)33)22-13-19-12-17(7-8-21(19)38-22)24(29)32-27(35)37-2/h3-9,11-13,20H,10H2,1-2H3,(H2,30,33)(H2,28,31,34)(H2,29,32,35). The number of benzene rings is 3. The zero-order chi connectivity index (χ0) is 27.4. The number of nitrogens with one attached hydrogen (secondary N) is 4. The molecule has 0 spiro atoms. The lowest BCUT2D eigenvalue weighted by atomic mass is 9.94. The number of rotatable bonds is 6. The van der Waals surface area contributed by atoms with Gasteiger partial charge in [0.1, 0.15) is 23.0 Å². The lowest BCUT2D eigenvalue weighted by molar-refractivity contribution is -0.119. The Kier molecular flexibility index (Phi) is 7.38. The van der Waals surface area contributed by atoms with E-state index in [1.54, 1.807) is 36.4 Å². The summed E-state index contributed by atoms with van der Waals surface area (Å²) in [7, 11) is 2.43. The summed E-state index contributed by atoms with van der Waals surface area (Å²) in [5.41, 5.74) is 7.99. The Morgan fingerprint density at radius 3 is 2.00 bits per heavy atom. The Labute approximate surface area is 216 Å². The Morgan fingerprint density at radius 2 is 1.39 bits per heavy atom. The molecule has 1 heterocycles. The van der Waals surface area contributed by atoms with Gasteiger partial charge in [-0.05, 0) is 53.1 Å². The van der Waals surface area contributed by atoms with Gasteiger partial charge in [-0.1, -0.05) is 30.3 Å². The van der Waals surface area contributed by atoms with Crippen molar-refractivity contribution in [2.45, 2.75) is 12.3 Å². The third-order valence-corrected chi connectivity index (χ3v) is 5.97. The summed E-state index contributed by atoms with van der Waals surface area (Å²) in [6, 6.07) is 17.6. The molecule has 3 aromatic carbocycles. The molecule has 4 aromatic rings. The second-order valence-corrected chi connectivity index (χ2v) is 8.44. The minimum atomic E-state index is -0.765. The van der Waals surface area contributed by atoms with Gasteiger partial charge in [0, 0.05) is 16.5 Å². The zero-order valence-corrected chi connectivity index (χ0v) is 20.6. The number of hydrogen-bond donors (Lipinski definition) is 5. The maximum Gasteiger partial charge on any atom is 0.412 e. The van der Waals surface area contributed by atoms with Crippen LogP contribution in [0.3, 0.4) is 0 Å². The Morgan fingerprint density at radius 1 is 0.816 bits per heavy atom. The maximum absolute atomic E-state index is 12.4. The van der Waals surface area contributed by atoms with Crippen LogP contribution in [0.2, 0.25) is 0 Å². The van der Waals surface area contributed by atoms with Gasteiger partial charge in [0.25, 0.3) is 0 Å². The van der Waals surface area contributed by atoms with Crippen molar-refractivity contribution in [3.05, 3.63) is 83.1 Å². The normalized spacial score (nSPS) is 11.5. The lowest BCUT2D eigenvalue weighted by Crippen LogP contribution is -2.30. The topological polar surface area (TPSA) is 181 Å². The van der Waals surface area contributed by atoms with E-state index in [9.17, 15) is 14.4 Å². The van der Waals surface area contributed by atoms with Crippen LogP contribution in [-0.2, 0) is 20.7 Å². The molecule has 6 N–H and O–H groups in total. The van der Waals surface area contributed by atoms with Crippen LogP contribution in [0, 0.1) is 10.8 Å². The van der Waals surface area contributed by atoms with E-state index in [2.05, 4.69) is 20.1 Å². The summed E-state index contributed by atoms with van der Waals surface area (Å²) in [4.78, 5) is 35.3. The molecule has 0 saturated carbocycles. The first kappa shape index (κ1) is 25.9. The highest BCUT2D eigenvalue weighted by Crippen LogP contribution is 2.29. The maximum atomic E-state index is 12.4. The summed E-state index contributed by atoms with van der Waals surface area (Å²) in [6.45, 7) is 0. The zero-order valence-electron chi connectivity index (χ0n) is 20.6. The minimum Gasteiger partial charge on any atom is -0.460 e. The molecule has 0 bridgehead atoms. The van der Waals surface area contributed by atoms with Crippen LogP contribution in [0.25, 0.3) is 21.7 Å². The van der Waals surface area contributed by atoms with Crippen LogP contribution in [-0.4, -0.2) is 44.0 Å². The Balaban J connectivity index is 1.60. The highest BCUT2D eigenvalue weighted by Gasteiger charge is 2.23.